The van der Waals surface area contributed by atoms with Gasteiger partial charge in [0.2, 0.25) is 0 Å². The number of hydrogen-bond donors (Lipinski definition) is 0. The van der Waals surface area contributed by atoms with Crippen molar-refractivity contribution in [1.82, 2.24) is 15.0 Å². The Morgan fingerprint density at radius 1 is 1.06 bits per heavy atom. The molecule has 1 heterocycles. The zero-order chi connectivity index (χ0) is 23.9. The van der Waals surface area contributed by atoms with Crippen molar-refractivity contribution < 1.29 is 4.74 Å². The smallest absolute Gasteiger partial charge is 0.134 e. The molecule has 0 radical (unpaired) electrons. The van der Waals surface area contributed by atoms with Crippen LogP contribution in [0, 0.1) is 11.3 Å². The van der Waals surface area contributed by atoms with Crippen molar-refractivity contribution in [3.8, 4) is 5.75 Å². The average Bonchev–Trinajstić information content (AvgIpc) is 3.24. The molecule has 3 aromatic rings. The van der Waals surface area contributed by atoms with Gasteiger partial charge in [-0.05, 0) is 71.1 Å². The molecule has 4 heteroatoms. The van der Waals surface area contributed by atoms with E-state index in [1.807, 2.05) is 16.9 Å². The normalized spacial score (nSPS) is 23.4. The van der Waals surface area contributed by atoms with Crippen LogP contribution in [0.2, 0.25) is 0 Å². The molecule has 0 saturated heterocycles. The van der Waals surface area contributed by atoms with E-state index in [0.29, 0.717) is 17.9 Å². The van der Waals surface area contributed by atoms with E-state index < -0.39 is 0 Å². The summed E-state index contributed by atoms with van der Waals surface area (Å²) in [7, 11) is 0. The molecule has 5 rings (SSSR count). The standard InChI is InChI=1S/C30H39N3O/c1-21(2)28-24-12-15-27-29(3,4)16-9-17-30(27,5)25(24)13-14-26(28)34-20-23-19-33(32-31-23)18-22-10-7-6-8-11-22/h6-8,10-11,13-14,19,21,27H,9,12,15-18,20H2,1-5H3/t27-,30+/m0/s1. The highest BCUT2D eigenvalue weighted by Crippen LogP contribution is 2.58. The summed E-state index contributed by atoms with van der Waals surface area (Å²) in [5.74, 6) is 2.20. The van der Waals surface area contributed by atoms with Gasteiger partial charge in [0.05, 0.1) is 12.7 Å². The molecule has 0 bridgehead atoms. The van der Waals surface area contributed by atoms with Crippen molar-refractivity contribution in [1.29, 1.82) is 0 Å². The van der Waals surface area contributed by atoms with Crippen molar-refractivity contribution in [2.45, 2.75) is 91.2 Å². The van der Waals surface area contributed by atoms with Crippen molar-refractivity contribution in [3.05, 3.63) is 76.6 Å². The van der Waals surface area contributed by atoms with Crippen molar-refractivity contribution in [3.63, 3.8) is 0 Å². The SMILES string of the molecule is CC(C)c1c(OCc2cn(Cc3ccccc3)nn2)ccc2c1CC[C@H]1C(C)(C)CCC[C@]21C. The summed E-state index contributed by atoms with van der Waals surface area (Å²) in [4.78, 5) is 0. The van der Waals surface area contributed by atoms with Crippen LogP contribution in [-0.4, -0.2) is 15.0 Å². The minimum atomic E-state index is 0.275. The molecule has 0 amide bonds. The second-order valence-electron chi connectivity index (χ2n) is 11.7. The number of nitrogens with zero attached hydrogens (tertiary/aromatic N) is 3. The van der Waals surface area contributed by atoms with Gasteiger partial charge >= 0.3 is 0 Å². The average molecular weight is 458 g/mol. The van der Waals surface area contributed by atoms with E-state index in [2.05, 4.69) is 81.3 Å². The number of ether oxygens (including phenoxy) is 1. The first-order chi connectivity index (χ1) is 16.3. The highest BCUT2D eigenvalue weighted by atomic mass is 16.5. The summed E-state index contributed by atoms with van der Waals surface area (Å²) in [6.07, 6.45) is 8.43. The topological polar surface area (TPSA) is 39.9 Å². The van der Waals surface area contributed by atoms with Crippen molar-refractivity contribution >= 4 is 0 Å². The lowest BCUT2D eigenvalue weighted by atomic mass is 9.50. The van der Waals surface area contributed by atoms with Gasteiger partial charge < -0.3 is 4.74 Å². The maximum atomic E-state index is 6.41. The van der Waals surface area contributed by atoms with E-state index >= 15 is 0 Å². The fraction of sp³-hybridized carbons (Fsp3) is 0.533. The number of aromatic nitrogens is 3. The third-order valence-electron chi connectivity index (χ3n) is 8.57. The minimum Gasteiger partial charge on any atom is -0.487 e. The third-order valence-corrected chi connectivity index (χ3v) is 8.57. The van der Waals surface area contributed by atoms with Gasteiger partial charge in [0.15, 0.2) is 0 Å². The van der Waals surface area contributed by atoms with E-state index in [0.717, 1.165) is 30.3 Å². The van der Waals surface area contributed by atoms with Crippen molar-refractivity contribution in [2.75, 3.05) is 0 Å². The predicted octanol–water partition coefficient (Wildman–Crippen LogP) is 7.06. The molecular weight excluding hydrogens is 418 g/mol. The van der Waals surface area contributed by atoms with Gasteiger partial charge in [0.25, 0.3) is 0 Å². The van der Waals surface area contributed by atoms with Crippen LogP contribution < -0.4 is 4.74 Å². The molecule has 34 heavy (non-hydrogen) atoms. The summed E-state index contributed by atoms with van der Waals surface area (Å²) in [5.41, 5.74) is 7.31. The lowest BCUT2D eigenvalue weighted by molar-refractivity contribution is 0.0404. The van der Waals surface area contributed by atoms with E-state index in [-0.39, 0.29) is 5.41 Å². The van der Waals surface area contributed by atoms with Gasteiger partial charge in [0, 0.05) is 5.56 Å². The number of benzene rings is 2. The molecular formula is C30H39N3O. The quantitative estimate of drug-likeness (QED) is 0.398. The van der Waals surface area contributed by atoms with Gasteiger partial charge in [-0.1, -0.05) is 82.7 Å². The fourth-order valence-corrected chi connectivity index (χ4v) is 7.05. The molecule has 0 unspecified atom stereocenters. The number of rotatable bonds is 6. The molecule has 1 fully saturated rings. The molecule has 0 N–H and O–H groups in total. The second-order valence-corrected chi connectivity index (χ2v) is 11.7. The molecule has 0 spiro atoms. The lowest BCUT2D eigenvalue weighted by Gasteiger charge is -2.54. The Balaban J connectivity index is 1.38. The molecule has 2 atom stereocenters. The fourth-order valence-electron chi connectivity index (χ4n) is 7.05. The molecule has 4 nitrogen and oxygen atoms in total. The van der Waals surface area contributed by atoms with Gasteiger partial charge in [-0.2, -0.15) is 0 Å². The van der Waals surface area contributed by atoms with Crippen LogP contribution in [0.5, 0.6) is 5.75 Å². The first kappa shape index (κ1) is 23.1. The van der Waals surface area contributed by atoms with Crippen molar-refractivity contribution in [2.24, 2.45) is 11.3 Å². The van der Waals surface area contributed by atoms with E-state index in [1.54, 1.807) is 11.1 Å². The van der Waals surface area contributed by atoms with Crippen LogP contribution >= 0.6 is 0 Å². The predicted molar refractivity (Wildman–Crippen MR) is 137 cm³/mol. The highest BCUT2D eigenvalue weighted by molar-refractivity contribution is 5.51. The molecule has 180 valence electrons. The Bertz CT molecular complexity index is 1150. The Hall–Kier alpha value is -2.62. The van der Waals surface area contributed by atoms with E-state index in [4.69, 9.17) is 4.74 Å². The molecule has 1 saturated carbocycles. The summed E-state index contributed by atoms with van der Waals surface area (Å²) in [5, 5.41) is 8.66. The Kier molecular flexibility index (Phi) is 6.03. The van der Waals surface area contributed by atoms with Crippen LogP contribution in [-0.2, 0) is 25.0 Å². The van der Waals surface area contributed by atoms with Gasteiger partial charge in [0.1, 0.15) is 18.1 Å². The van der Waals surface area contributed by atoms with Crippen LogP contribution in [0.1, 0.15) is 94.2 Å². The van der Waals surface area contributed by atoms with Crippen LogP contribution in [0.4, 0.5) is 0 Å². The number of hydrogen-bond acceptors (Lipinski definition) is 3. The first-order valence-electron chi connectivity index (χ1n) is 13.0. The maximum absolute atomic E-state index is 6.41. The summed E-state index contributed by atoms with van der Waals surface area (Å²) < 4.78 is 8.29. The van der Waals surface area contributed by atoms with E-state index in [1.165, 1.54) is 36.8 Å². The van der Waals surface area contributed by atoms with Gasteiger partial charge in [-0.15, -0.1) is 5.10 Å². The Morgan fingerprint density at radius 2 is 1.85 bits per heavy atom. The molecule has 2 aliphatic carbocycles. The minimum absolute atomic E-state index is 0.275. The Morgan fingerprint density at radius 3 is 2.62 bits per heavy atom. The zero-order valence-corrected chi connectivity index (χ0v) is 21.5. The molecule has 0 aliphatic heterocycles. The van der Waals surface area contributed by atoms with Crippen LogP contribution in [0.15, 0.2) is 48.7 Å². The summed E-state index contributed by atoms with van der Waals surface area (Å²) >= 11 is 0. The molecule has 2 aromatic carbocycles. The maximum Gasteiger partial charge on any atom is 0.134 e. The van der Waals surface area contributed by atoms with Crippen LogP contribution in [0.3, 0.4) is 0 Å². The number of fused-ring (bicyclic) bond motifs is 3. The largest absolute Gasteiger partial charge is 0.487 e. The van der Waals surface area contributed by atoms with Gasteiger partial charge in [-0.25, -0.2) is 4.68 Å². The Labute approximate surface area is 204 Å². The first-order valence-corrected chi connectivity index (χ1v) is 13.0. The molecule has 2 aliphatic rings. The molecule has 1 aromatic heterocycles. The van der Waals surface area contributed by atoms with E-state index in [9.17, 15) is 0 Å². The van der Waals surface area contributed by atoms with Crippen LogP contribution in [0.25, 0.3) is 0 Å². The second kappa shape index (κ2) is 8.87. The third kappa shape index (κ3) is 4.16. The van der Waals surface area contributed by atoms with Gasteiger partial charge in [-0.3, -0.25) is 0 Å². The summed E-state index contributed by atoms with van der Waals surface area (Å²) in [6, 6.07) is 15.0. The lowest BCUT2D eigenvalue weighted by Crippen LogP contribution is -2.48. The highest BCUT2D eigenvalue weighted by Gasteiger charge is 2.50. The monoisotopic (exact) mass is 457 g/mol. The zero-order valence-electron chi connectivity index (χ0n) is 21.5. The summed E-state index contributed by atoms with van der Waals surface area (Å²) in [6.45, 7) is 13.3.